The summed E-state index contributed by atoms with van der Waals surface area (Å²) < 4.78 is 0. The zero-order valence-electron chi connectivity index (χ0n) is 11.5. The van der Waals surface area contributed by atoms with Crippen LogP contribution in [0.2, 0.25) is 0 Å². The van der Waals surface area contributed by atoms with Crippen molar-refractivity contribution in [3.05, 3.63) is 0 Å². The normalized spacial score (nSPS) is 21.1. The smallest absolute Gasteiger partial charge is 0.0669 e. The maximum absolute atomic E-state index is 8.85. The average Bonchev–Trinajstić information content (AvgIpc) is 2.31. The van der Waals surface area contributed by atoms with Crippen molar-refractivity contribution in [3.63, 3.8) is 0 Å². The molecule has 0 bridgehead atoms. The second-order valence-electron chi connectivity index (χ2n) is 4.80. The molecule has 1 aliphatic heterocycles. The third-order valence-corrected chi connectivity index (χ3v) is 2.94. The Morgan fingerprint density at radius 3 is 2.62 bits per heavy atom. The maximum Gasteiger partial charge on any atom is 0.0669 e. The first kappa shape index (κ1) is 15.4. The second kappa shape index (κ2) is 9.66. The van der Waals surface area contributed by atoms with Gasteiger partial charge in [-0.15, -0.1) is 0 Å². The Balaban J connectivity index is 0.00000106. The number of likely N-dealkylation sites (tertiary alicyclic amines) is 1. The summed E-state index contributed by atoms with van der Waals surface area (Å²) in [4.78, 5) is 2.46. The van der Waals surface area contributed by atoms with Crippen LogP contribution in [0.4, 0.5) is 0 Å². The van der Waals surface area contributed by atoms with Crippen molar-refractivity contribution in [2.24, 2.45) is 11.8 Å². The number of hydrogen-bond acceptors (Lipinski definition) is 2. The van der Waals surface area contributed by atoms with Crippen LogP contribution < -0.4 is 0 Å². The minimum atomic E-state index is 0.294. The molecular weight excluding hydrogens is 196 g/mol. The van der Waals surface area contributed by atoms with Crippen molar-refractivity contribution in [3.8, 4) is 6.07 Å². The van der Waals surface area contributed by atoms with E-state index in [2.05, 4.69) is 24.8 Å². The van der Waals surface area contributed by atoms with E-state index >= 15 is 0 Å². The highest BCUT2D eigenvalue weighted by Gasteiger charge is 2.18. The molecular formula is C14H28N2. The minimum absolute atomic E-state index is 0.294. The SMILES string of the molecule is CC.CC(C)CCCN1CCCC(C#N)C1. The molecule has 2 nitrogen and oxygen atoms in total. The van der Waals surface area contributed by atoms with Gasteiger partial charge in [0.05, 0.1) is 12.0 Å². The first-order chi connectivity index (χ1) is 7.72. The molecule has 0 N–H and O–H groups in total. The van der Waals surface area contributed by atoms with Crippen LogP contribution in [0.3, 0.4) is 0 Å². The summed E-state index contributed by atoms with van der Waals surface area (Å²) in [6, 6.07) is 2.39. The van der Waals surface area contributed by atoms with Crippen molar-refractivity contribution < 1.29 is 0 Å². The van der Waals surface area contributed by atoms with Crippen LogP contribution in [-0.2, 0) is 0 Å². The van der Waals surface area contributed by atoms with Crippen LogP contribution in [0, 0.1) is 23.2 Å². The molecule has 1 atom stereocenters. The van der Waals surface area contributed by atoms with Crippen LogP contribution in [0.1, 0.15) is 53.4 Å². The summed E-state index contributed by atoms with van der Waals surface area (Å²) in [6.07, 6.45) is 4.92. The molecule has 0 aliphatic carbocycles. The van der Waals surface area contributed by atoms with Crippen molar-refractivity contribution >= 4 is 0 Å². The summed E-state index contributed by atoms with van der Waals surface area (Å²) in [5.41, 5.74) is 0. The van der Waals surface area contributed by atoms with Gasteiger partial charge in [-0.3, -0.25) is 0 Å². The van der Waals surface area contributed by atoms with Crippen LogP contribution >= 0.6 is 0 Å². The third-order valence-electron chi connectivity index (χ3n) is 2.94. The van der Waals surface area contributed by atoms with Gasteiger partial charge in [-0.05, 0) is 44.7 Å². The Labute approximate surface area is 102 Å². The fourth-order valence-corrected chi connectivity index (χ4v) is 2.09. The zero-order valence-corrected chi connectivity index (χ0v) is 11.5. The van der Waals surface area contributed by atoms with Crippen LogP contribution in [0.5, 0.6) is 0 Å². The van der Waals surface area contributed by atoms with E-state index in [-0.39, 0.29) is 0 Å². The number of rotatable bonds is 4. The predicted molar refractivity (Wildman–Crippen MR) is 70.2 cm³/mol. The number of piperidine rings is 1. The molecule has 0 amide bonds. The summed E-state index contributed by atoms with van der Waals surface area (Å²) in [5.74, 6) is 1.11. The van der Waals surface area contributed by atoms with E-state index in [9.17, 15) is 0 Å². The van der Waals surface area contributed by atoms with Crippen molar-refractivity contribution in [2.75, 3.05) is 19.6 Å². The Morgan fingerprint density at radius 2 is 2.06 bits per heavy atom. The highest BCUT2D eigenvalue weighted by Crippen LogP contribution is 2.16. The molecule has 1 heterocycles. The van der Waals surface area contributed by atoms with Gasteiger partial charge in [0, 0.05) is 6.54 Å². The number of nitrogens with zero attached hydrogens (tertiary/aromatic N) is 2. The number of hydrogen-bond donors (Lipinski definition) is 0. The highest BCUT2D eigenvalue weighted by molar-refractivity contribution is 4.88. The highest BCUT2D eigenvalue weighted by atomic mass is 15.1. The first-order valence-electron chi connectivity index (χ1n) is 6.84. The van der Waals surface area contributed by atoms with E-state index in [1.165, 1.54) is 32.4 Å². The monoisotopic (exact) mass is 224 g/mol. The molecule has 1 aliphatic rings. The molecule has 94 valence electrons. The van der Waals surface area contributed by atoms with E-state index < -0.39 is 0 Å². The van der Waals surface area contributed by atoms with Gasteiger partial charge < -0.3 is 4.90 Å². The fraction of sp³-hybridized carbons (Fsp3) is 0.929. The molecule has 2 heteroatoms. The van der Waals surface area contributed by atoms with Crippen molar-refractivity contribution in [1.82, 2.24) is 4.90 Å². The standard InChI is InChI=1S/C12H22N2.C2H6/c1-11(2)5-3-7-14-8-4-6-12(9-13)10-14;1-2/h11-12H,3-8,10H2,1-2H3;1-2H3. The fourth-order valence-electron chi connectivity index (χ4n) is 2.09. The van der Waals surface area contributed by atoms with Crippen LogP contribution in [0.25, 0.3) is 0 Å². The third kappa shape index (κ3) is 6.85. The van der Waals surface area contributed by atoms with Crippen LogP contribution in [-0.4, -0.2) is 24.5 Å². The molecule has 16 heavy (non-hydrogen) atoms. The lowest BCUT2D eigenvalue weighted by Crippen LogP contribution is -2.35. The molecule has 0 spiro atoms. The summed E-state index contributed by atoms with van der Waals surface area (Å²) in [5, 5.41) is 8.85. The van der Waals surface area contributed by atoms with Crippen molar-refractivity contribution in [2.45, 2.75) is 53.4 Å². The largest absolute Gasteiger partial charge is 0.302 e. The average molecular weight is 224 g/mol. The second-order valence-corrected chi connectivity index (χ2v) is 4.80. The molecule has 1 rings (SSSR count). The molecule has 1 fully saturated rings. The van der Waals surface area contributed by atoms with E-state index in [1.54, 1.807) is 0 Å². The summed E-state index contributed by atoms with van der Waals surface area (Å²) >= 11 is 0. The Kier molecular flexibility index (Phi) is 9.33. The van der Waals surface area contributed by atoms with Gasteiger partial charge in [0.2, 0.25) is 0 Å². The maximum atomic E-state index is 8.85. The quantitative estimate of drug-likeness (QED) is 0.728. The number of nitriles is 1. The molecule has 0 aromatic rings. The lowest BCUT2D eigenvalue weighted by Gasteiger charge is -2.29. The van der Waals surface area contributed by atoms with Crippen LogP contribution in [0.15, 0.2) is 0 Å². The van der Waals surface area contributed by atoms with Gasteiger partial charge >= 0.3 is 0 Å². The molecule has 0 aromatic heterocycles. The zero-order chi connectivity index (χ0) is 12.4. The molecule has 0 saturated carbocycles. The molecule has 0 aromatic carbocycles. The topological polar surface area (TPSA) is 27.0 Å². The Bertz CT molecular complexity index is 193. The molecule has 1 saturated heterocycles. The first-order valence-corrected chi connectivity index (χ1v) is 6.84. The summed E-state index contributed by atoms with van der Waals surface area (Å²) in [6.45, 7) is 11.9. The van der Waals surface area contributed by atoms with Gasteiger partial charge in [-0.1, -0.05) is 27.7 Å². The van der Waals surface area contributed by atoms with Gasteiger partial charge in [0.15, 0.2) is 0 Å². The van der Waals surface area contributed by atoms with E-state index in [4.69, 9.17) is 5.26 Å². The van der Waals surface area contributed by atoms with Gasteiger partial charge in [-0.25, -0.2) is 0 Å². The lowest BCUT2D eigenvalue weighted by molar-refractivity contribution is 0.194. The van der Waals surface area contributed by atoms with Gasteiger partial charge in [0.25, 0.3) is 0 Å². The van der Waals surface area contributed by atoms with Gasteiger partial charge in [-0.2, -0.15) is 5.26 Å². The van der Waals surface area contributed by atoms with E-state index in [1.807, 2.05) is 13.8 Å². The van der Waals surface area contributed by atoms with Gasteiger partial charge in [0.1, 0.15) is 0 Å². The Hall–Kier alpha value is -0.550. The van der Waals surface area contributed by atoms with E-state index in [0.29, 0.717) is 5.92 Å². The Morgan fingerprint density at radius 1 is 1.38 bits per heavy atom. The van der Waals surface area contributed by atoms with E-state index in [0.717, 1.165) is 18.9 Å². The molecule has 1 unspecified atom stereocenters. The van der Waals surface area contributed by atoms with Crippen molar-refractivity contribution in [1.29, 1.82) is 5.26 Å². The molecule has 0 radical (unpaired) electrons. The minimum Gasteiger partial charge on any atom is -0.302 e. The summed E-state index contributed by atoms with van der Waals surface area (Å²) in [7, 11) is 0. The lowest BCUT2D eigenvalue weighted by atomic mass is 9.99. The predicted octanol–water partition coefficient (Wildman–Crippen LogP) is 3.68.